The molecule has 0 saturated carbocycles. The predicted octanol–water partition coefficient (Wildman–Crippen LogP) is 4.76. The highest BCUT2D eigenvalue weighted by Crippen LogP contribution is 2.20. The summed E-state index contributed by atoms with van der Waals surface area (Å²) in [5.74, 6) is 0.985. The molecule has 0 atom stereocenters. The third-order valence-electron chi connectivity index (χ3n) is 3.17. The molecule has 0 bridgehead atoms. The SMILES string of the molecule is Clc1ccc(OC(Oc2ccc(Cl)cc2)[Si]c2ccccc2)cc1. The van der Waals surface area contributed by atoms with E-state index in [1.165, 1.54) is 0 Å². The van der Waals surface area contributed by atoms with Crippen LogP contribution in [0.2, 0.25) is 10.0 Å². The van der Waals surface area contributed by atoms with Gasteiger partial charge in [0.2, 0.25) is 5.91 Å². The first-order chi connectivity index (χ1) is 11.7. The quantitative estimate of drug-likeness (QED) is 0.458. The Balaban J connectivity index is 1.76. The van der Waals surface area contributed by atoms with E-state index in [2.05, 4.69) is 12.1 Å². The maximum Gasteiger partial charge on any atom is 0.220 e. The number of halogens is 2. The summed E-state index contributed by atoms with van der Waals surface area (Å²) in [6, 6.07) is 24.6. The Kier molecular flexibility index (Phi) is 5.80. The zero-order valence-corrected chi connectivity index (χ0v) is 15.2. The molecule has 0 aliphatic heterocycles. The summed E-state index contributed by atoms with van der Waals surface area (Å²) in [5, 5.41) is 2.50. The Bertz CT molecular complexity index is 714. The third kappa shape index (κ3) is 5.03. The van der Waals surface area contributed by atoms with Crippen molar-refractivity contribution >= 4 is 37.9 Å². The fraction of sp³-hybridized carbons (Fsp3) is 0.0526. The van der Waals surface area contributed by atoms with Crippen LogP contribution in [0.5, 0.6) is 11.5 Å². The van der Waals surface area contributed by atoms with Crippen molar-refractivity contribution in [3.05, 3.63) is 88.9 Å². The van der Waals surface area contributed by atoms with Gasteiger partial charge in [0.1, 0.15) is 11.5 Å². The normalized spacial score (nSPS) is 10.6. The maximum absolute atomic E-state index is 6.01. The van der Waals surface area contributed by atoms with Crippen LogP contribution in [0.4, 0.5) is 0 Å². The first-order valence-electron chi connectivity index (χ1n) is 7.35. The van der Waals surface area contributed by atoms with Gasteiger partial charge in [0, 0.05) is 10.0 Å². The molecule has 3 aromatic carbocycles. The Morgan fingerprint density at radius 2 is 1.08 bits per heavy atom. The molecule has 0 saturated heterocycles. The van der Waals surface area contributed by atoms with Gasteiger partial charge in [0.25, 0.3) is 0 Å². The lowest BCUT2D eigenvalue weighted by molar-refractivity contribution is 0.0747. The monoisotopic (exact) mass is 372 g/mol. The molecule has 120 valence electrons. The highest BCUT2D eigenvalue weighted by molar-refractivity contribution is 6.54. The molecule has 0 aliphatic carbocycles. The zero-order chi connectivity index (χ0) is 16.8. The van der Waals surface area contributed by atoms with Crippen molar-refractivity contribution in [1.82, 2.24) is 0 Å². The number of ether oxygens (including phenoxy) is 2. The highest BCUT2D eigenvalue weighted by Gasteiger charge is 2.15. The third-order valence-corrected chi connectivity index (χ3v) is 4.81. The zero-order valence-electron chi connectivity index (χ0n) is 12.7. The van der Waals surface area contributed by atoms with Crippen LogP contribution in [0, 0.1) is 0 Å². The van der Waals surface area contributed by atoms with E-state index in [9.17, 15) is 0 Å². The van der Waals surface area contributed by atoms with Gasteiger partial charge in [0.15, 0.2) is 9.52 Å². The minimum Gasteiger partial charge on any atom is -0.459 e. The highest BCUT2D eigenvalue weighted by atomic mass is 35.5. The van der Waals surface area contributed by atoms with Crippen molar-refractivity contribution in [2.24, 2.45) is 0 Å². The number of benzene rings is 3. The van der Waals surface area contributed by atoms with Crippen LogP contribution in [-0.4, -0.2) is 15.4 Å². The molecule has 0 heterocycles. The van der Waals surface area contributed by atoms with Gasteiger partial charge in [-0.05, 0) is 48.5 Å². The van der Waals surface area contributed by atoms with Crippen LogP contribution in [0.1, 0.15) is 0 Å². The lowest BCUT2D eigenvalue weighted by Crippen LogP contribution is -2.37. The van der Waals surface area contributed by atoms with Gasteiger partial charge in [-0.3, -0.25) is 0 Å². The van der Waals surface area contributed by atoms with E-state index in [0.717, 1.165) is 5.19 Å². The van der Waals surface area contributed by atoms with E-state index in [4.69, 9.17) is 32.7 Å². The molecule has 0 amide bonds. The van der Waals surface area contributed by atoms with Crippen LogP contribution in [0.3, 0.4) is 0 Å². The van der Waals surface area contributed by atoms with Crippen molar-refractivity contribution in [2.75, 3.05) is 0 Å². The summed E-state index contributed by atoms with van der Waals surface area (Å²) in [4.78, 5) is 0. The molecule has 0 N–H and O–H groups in total. The molecule has 5 heteroatoms. The van der Waals surface area contributed by atoms with Crippen molar-refractivity contribution in [3.63, 3.8) is 0 Å². The van der Waals surface area contributed by atoms with E-state index in [1.807, 2.05) is 42.5 Å². The van der Waals surface area contributed by atoms with Crippen LogP contribution in [0.25, 0.3) is 0 Å². The molecular weight excluding hydrogens is 359 g/mol. The van der Waals surface area contributed by atoms with E-state index in [1.54, 1.807) is 24.3 Å². The van der Waals surface area contributed by atoms with Crippen LogP contribution >= 0.6 is 23.2 Å². The Morgan fingerprint density at radius 3 is 1.54 bits per heavy atom. The van der Waals surface area contributed by atoms with Gasteiger partial charge in [-0.1, -0.05) is 58.7 Å². The lowest BCUT2D eigenvalue weighted by Gasteiger charge is -2.20. The summed E-state index contributed by atoms with van der Waals surface area (Å²) < 4.78 is 12.0. The second-order valence-corrected chi connectivity index (χ2v) is 7.20. The first-order valence-corrected chi connectivity index (χ1v) is 9.18. The molecule has 3 aromatic rings. The largest absolute Gasteiger partial charge is 0.459 e. The lowest BCUT2D eigenvalue weighted by atomic mass is 10.3. The minimum absolute atomic E-state index is 0.331. The van der Waals surface area contributed by atoms with Crippen molar-refractivity contribution in [2.45, 2.75) is 5.91 Å². The topological polar surface area (TPSA) is 18.5 Å². The summed E-state index contributed by atoms with van der Waals surface area (Å²) >= 11 is 11.8. The van der Waals surface area contributed by atoms with Gasteiger partial charge in [-0.2, -0.15) is 0 Å². The second kappa shape index (κ2) is 8.24. The molecule has 0 fully saturated rings. The van der Waals surface area contributed by atoms with Gasteiger partial charge in [-0.15, -0.1) is 0 Å². The van der Waals surface area contributed by atoms with Gasteiger partial charge in [-0.25, -0.2) is 0 Å². The van der Waals surface area contributed by atoms with E-state index < -0.39 is 5.91 Å². The van der Waals surface area contributed by atoms with E-state index >= 15 is 0 Å². The molecule has 3 rings (SSSR count). The van der Waals surface area contributed by atoms with Crippen molar-refractivity contribution < 1.29 is 9.47 Å². The predicted molar refractivity (Wildman–Crippen MR) is 99.8 cm³/mol. The van der Waals surface area contributed by atoms with Crippen molar-refractivity contribution in [3.8, 4) is 11.5 Å². The molecule has 24 heavy (non-hydrogen) atoms. The summed E-state index contributed by atoms with van der Waals surface area (Å²) in [7, 11) is 0.331. The van der Waals surface area contributed by atoms with E-state index in [0.29, 0.717) is 31.1 Å². The van der Waals surface area contributed by atoms with Crippen LogP contribution in [0.15, 0.2) is 78.9 Å². The standard InChI is InChI=1S/C19H14Cl2O2Si/c20-14-6-10-16(11-7-14)22-19(24-18-4-2-1-3-5-18)23-17-12-8-15(21)9-13-17/h1-13,19H. The molecule has 2 nitrogen and oxygen atoms in total. The van der Waals surface area contributed by atoms with Crippen LogP contribution in [-0.2, 0) is 0 Å². The fourth-order valence-corrected chi connectivity index (χ4v) is 3.33. The average molecular weight is 373 g/mol. The molecule has 0 unspecified atom stereocenters. The Hall–Kier alpha value is -1.94. The summed E-state index contributed by atoms with van der Waals surface area (Å²) in [6.07, 6.45) is 0. The molecular formula is C19H14Cl2O2Si. The molecule has 0 aliphatic rings. The van der Waals surface area contributed by atoms with Gasteiger partial charge < -0.3 is 9.47 Å². The molecule has 2 radical (unpaired) electrons. The Labute approximate surface area is 153 Å². The van der Waals surface area contributed by atoms with Gasteiger partial charge in [0.05, 0.1) is 0 Å². The fourth-order valence-electron chi connectivity index (χ4n) is 2.03. The minimum atomic E-state index is -0.435. The van der Waals surface area contributed by atoms with Gasteiger partial charge >= 0.3 is 0 Å². The molecule has 0 spiro atoms. The number of hydrogen-bond acceptors (Lipinski definition) is 2. The first kappa shape index (κ1) is 16.9. The molecule has 0 aromatic heterocycles. The van der Waals surface area contributed by atoms with Crippen LogP contribution < -0.4 is 14.7 Å². The smallest absolute Gasteiger partial charge is 0.220 e. The van der Waals surface area contributed by atoms with Crippen molar-refractivity contribution in [1.29, 1.82) is 0 Å². The number of hydrogen-bond donors (Lipinski definition) is 0. The average Bonchev–Trinajstić information content (AvgIpc) is 2.60. The second-order valence-electron chi connectivity index (χ2n) is 4.99. The maximum atomic E-state index is 6.01. The number of rotatable bonds is 6. The Morgan fingerprint density at radius 1 is 0.625 bits per heavy atom. The summed E-state index contributed by atoms with van der Waals surface area (Å²) in [5.41, 5.74) is 0. The van der Waals surface area contributed by atoms with E-state index in [-0.39, 0.29) is 0 Å². The summed E-state index contributed by atoms with van der Waals surface area (Å²) in [6.45, 7) is 0.